The number of aromatic amines is 1. The Balaban J connectivity index is 2.62. The summed E-state index contributed by atoms with van der Waals surface area (Å²) in [6.07, 6.45) is -0.233. The third-order valence-electron chi connectivity index (χ3n) is 5.74. The van der Waals surface area contributed by atoms with Crippen molar-refractivity contribution in [3.63, 3.8) is 0 Å². The van der Waals surface area contributed by atoms with E-state index in [0.717, 1.165) is 0 Å². The second-order valence-electron chi connectivity index (χ2n) is 10.2. The second kappa shape index (κ2) is 15.4. The molecule has 0 radical (unpaired) electrons. The van der Waals surface area contributed by atoms with Crippen molar-refractivity contribution in [2.45, 2.75) is 71.2 Å². The molecule has 0 saturated carbocycles. The van der Waals surface area contributed by atoms with Gasteiger partial charge in [-0.25, -0.2) is 16.0 Å². The molecule has 0 bridgehead atoms. The highest BCUT2D eigenvalue weighted by Crippen LogP contribution is 2.51. The van der Waals surface area contributed by atoms with Gasteiger partial charge >= 0.3 is 5.69 Å². The van der Waals surface area contributed by atoms with Crippen LogP contribution in [0.15, 0.2) is 27.7 Å². The van der Waals surface area contributed by atoms with Crippen molar-refractivity contribution in [1.82, 2.24) is 14.2 Å². The van der Waals surface area contributed by atoms with E-state index >= 15 is 0 Å². The monoisotopic (exact) mass is 588 g/mol. The van der Waals surface area contributed by atoms with Crippen LogP contribution in [0.2, 0.25) is 0 Å². The fraction of sp³-hybridized carbons (Fsp3) is 0.720. The van der Waals surface area contributed by atoms with Gasteiger partial charge in [0.25, 0.3) is 14.1 Å². The summed E-state index contributed by atoms with van der Waals surface area (Å²) >= 11 is 0. The molecular formula is C25H42N4O8P2. The Morgan fingerprint density at radius 3 is 2.44 bits per heavy atom. The Hall–Kier alpha value is -1.67. The molecule has 0 spiro atoms. The molecule has 12 nitrogen and oxygen atoms in total. The van der Waals surface area contributed by atoms with Crippen molar-refractivity contribution in [3.05, 3.63) is 55.9 Å². The lowest BCUT2D eigenvalue weighted by atomic mass is 10.1. The summed E-state index contributed by atoms with van der Waals surface area (Å²) in [4.78, 5) is 30.6. The Kier molecular flexibility index (Phi) is 13.2. The van der Waals surface area contributed by atoms with E-state index in [0.29, 0.717) is 5.56 Å². The molecule has 0 aliphatic carbocycles. The number of hydrogen-bond donors (Lipinski definition) is 1. The zero-order chi connectivity index (χ0) is 29.3. The fourth-order valence-electron chi connectivity index (χ4n) is 4.07. The zero-order valence-corrected chi connectivity index (χ0v) is 25.8. The van der Waals surface area contributed by atoms with Crippen molar-refractivity contribution in [2.24, 2.45) is 0 Å². The maximum atomic E-state index is 12.9. The van der Waals surface area contributed by atoms with Crippen LogP contribution in [-0.2, 0) is 27.8 Å². The van der Waals surface area contributed by atoms with Gasteiger partial charge < -0.3 is 32.7 Å². The van der Waals surface area contributed by atoms with E-state index in [1.165, 1.54) is 10.8 Å². The number of aromatic nitrogens is 2. The van der Waals surface area contributed by atoms with Crippen LogP contribution in [0.3, 0.4) is 0 Å². The molecule has 1 aliphatic rings. The average molecular weight is 589 g/mol. The van der Waals surface area contributed by atoms with Crippen LogP contribution in [0.1, 0.15) is 39.5 Å². The molecule has 1 aromatic rings. The average Bonchev–Trinajstić information content (AvgIpc) is 3.16. The minimum atomic E-state index is -2.57. The lowest BCUT2D eigenvalue weighted by Gasteiger charge is -2.38. The molecule has 1 fully saturated rings. The summed E-state index contributed by atoms with van der Waals surface area (Å²) in [5.41, 5.74) is -0.820. The lowest BCUT2D eigenvalue weighted by Crippen LogP contribution is -2.42. The fourth-order valence-corrected chi connectivity index (χ4v) is 6.40. The molecule has 2 rings (SSSR count). The highest BCUT2D eigenvalue weighted by Gasteiger charge is 2.49. The number of aryl methyl sites for hydroxylation is 1. The third-order valence-corrected chi connectivity index (χ3v) is 8.76. The van der Waals surface area contributed by atoms with Crippen molar-refractivity contribution in [1.29, 1.82) is 0 Å². The SMILES string of the molecule is [C-]#[N+]CCOP(O[C@H]1[C@@H](OCCOC)[C@H](n2cc(C)c(=O)[nH]c2=O)O[C@@H]1/C=C/P(C)(C)=O)N(C(C)C)C(C)C. The molecular weight excluding hydrogens is 546 g/mol. The van der Waals surface area contributed by atoms with E-state index in [9.17, 15) is 14.2 Å². The highest BCUT2D eigenvalue weighted by atomic mass is 31.2. The number of nitrogens with one attached hydrogen (secondary N) is 1. The van der Waals surface area contributed by atoms with Crippen LogP contribution < -0.4 is 11.2 Å². The van der Waals surface area contributed by atoms with E-state index in [1.807, 2.05) is 27.7 Å². The largest absolute Gasteiger partial charge is 0.382 e. The number of H-pyrrole nitrogens is 1. The molecule has 220 valence electrons. The summed E-state index contributed by atoms with van der Waals surface area (Å²) in [5, 5.41) is 0. The van der Waals surface area contributed by atoms with Crippen molar-refractivity contribution >= 4 is 15.7 Å². The first-order valence-corrected chi connectivity index (χ1v) is 16.6. The summed E-state index contributed by atoms with van der Waals surface area (Å²) in [6.45, 7) is 20.9. The first kappa shape index (κ1) is 33.5. The second-order valence-corrected chi connectivity index (χ2v) is 14.7. The predicted octanol–water partition coefficient (Wildman–Crippen LogP) is 3.58. The number of methoxy groups -OCH3 is 1. The van der Waals surface area contributed by atoms with E-state index in [4.69, 9.17) is 29.8 Å². The molecule has 5 atom stereocenters. The Morgan fingerprint density at radius 1 is 1.21 bits per heavy atom. The predicted molar refractivity (Wildman–Crippen MR) is 152 cm³/mol. The third kappa shape index (κ3) is 9.73. The quantitative estimate of drug-likeness (QED) is 0.186. The molecule has 39 heavy (non-hydrogen) atoms. The van der Waals surface area contributed by atoms with Crippen molar-refractivity contribution in [3.8, 4) is 0 Å². The lowest BCUT2D eigenvalue weighted by molar-refractivity contribution is -0.0767. The number of nitrogens with zero attached hydrogens (tertiary/aromatic N) is 3. The molecule has 2 heterocycles. The normalized spacial score (nSPS) is 22.8. The van der Waals surface area contributed by atoms with E-state index < -0.39 is 51.5 Å². The summed E-state index contributed by atoms with van der Waals surface area (Å²) in [7, 11) is -2.72. The topological polar surface area (TPSA) is 126 Å². The van der Waals surface area contributed by atoms with Crippen LogP contribution in [0.4, 0.5) is 0 Å². The molecule has 1 aromatic heterocycles. The minimum Gasteiger partial charge on any atom is -0.382 e. The van der Waals surface area contributed by atoms with Crippen LogP contribution in [0.5, 0.6) is 0 Å². The first-order valence-electron chi connectivity index (χ1n) is 12.8. The number of rotatable bonds is 15. The smallest absolute Gasteiger partial charge is 0.330 e. The summed E-state index contributed by atoms with van der Waals surface area (Å²) in [6, 6.07) is 0.111. The molecule has 1 unspecified atom stereocenters. The molecule has 0 amide bonds. The van der Waals surface area contributed by atoms with Gasteiger partial charge in [-0.3, -0.25) is 14.3 Å². The van der Waals surface area contributed by atoms with Gasteiger partial charge in [0, 0.05) is 31.0 Å². The van der Waals surface area contributed by atoms with Crippen LogP contribution in [-0.4, -0.2) is 91.4 Å². The molecule has 1 saturated heterocycles. The van der Waals surface area contributed by atoms with Gasteiger partial charge in [-0.1, -0.05) is 0 Å². The van der Waals surface area contributed by atoms with Gasteiger partial charge in [0.15, 0.2) is 6.23 Å². The number of hydrogen-bond acceptors (Lipinski definition) is 9. The van der Waals surface area contributed by atoms with Gasteiger partial charge in [-0.05, 0) is 59.8 Å². The molecule has 0 aromatic carbocycles. The zero-order valence-electron chi connectivity index (χ0n) is 24.0. The Morgan fingerprint density at radius 2 is 1.87 bits per heavy atom. The standard InChI is InChI=1S/C25H42N4O8P2/c1-17(2)29(18(3)4)38(35-12-11-26-6)37-21-20(10-15-39(8,9)32)36-24(22(21)34-14-13-33-7)28-16-19(5)23(30)27-25(28)31/h10,15-18,20-22,24H,11-14H2,1-5,7-9H3,(H,27,30,31)/b15-10+/t20-,21-,22-,24-,38?/m1/s1. The first-order chi connectivity index (χ1) is 18.3. The summed E-state index contributed by atoms with van der Waals surface area (Å²) in [5.74, 6) is 1.59. The van der Waals surface area contributed by atoms with Crippen LogP contribution in [0.25, 0.3) is 4.85 Å². The highest BCUT2D eigenvalue weighted by molar-refractivity contribution is 7.65. The molecule has 14 heteroatoms. The van der Waals surface area contributed by atoms with E-state index in [1.54, 1.807) is 39.3 Å². The van der Waals surface area contributed by atoms with Crippen molar-refractivity contribution < 1.29 is 27.8 Å². The maximum Gasteiger partial charge on any atom is 0.330 e. The Bertz CT molecular complexity index is 1150. The van der Waals surface area contributed by atoms with E-state index in [-0.39, 0.29) is 38.4 Å². The van der Waals surface area contributed by atoms with Gasteiger partial charge in [0.1, 0.15) is 32.1 Å². The van der Waals surface area contributed by atoms with Gasteiger partial charge in [0.2, 0.25) is 6.54 Å². The number of ether oxygens (including phenoxy) is 3. The van der Waals surface area contributed by atoms with Crippen molar-refractivity contribution in [2.75, 3.05) is 46.8 Å². The minimum absolute atomic E-state index is 0.0555. The molecule has 1 aliphatic heterocycles. The summed E-state index contributed by atoms with van der Waals surface area (Å²) < 4.78 is 46.4. The van der Waals surface area contributed by atoms with Crippen LogP contribution >= 0.6 is 15.7 Å². The van der Waals surface area contributed by atoms with Gasteiger partial charge in [-0.15, -0.1) is 0 Å². The Labute approximate surface area is 231 Å². The van der Waals surface area contributed by atoms with Crippen LogP contribution in [0, 0.1) is 13.5 Å². The van der Waals surface area contributed by atoms with Gasteiger partial charge in [0.05, 0.1) is 13.2 Å². The molecule has 1 N–H and O–H groups in total. The van der Waals surface area contributed by atoms with Gasteiger partial charge in [-0.2, -0.15) is 0 Å². The maximum absolute atomic E-state index is 12.9. The van der Waals surface area contributed by atoms with E-state index in [2.05, 4.69) is 14.5 Å².